The lowest BCUT2D eigenvalue weighted by Gasteiger charge is -1.93. The summed E-state index contributed by atoms with van der Waals surface area (Å²) < 4.78 is 24.9. The van der Waals surface area contributed by atoms with Crippen molar-refractivity contribution in [3.05, 3.63) is 41.8 Å². The maximum absolute atomic E-state index is 12.4. The van der Waals surface area contributed by atoms with Gasteiger partial charge in [0.05, 0.1) is 5.56 Å². The van der Waals surface area contributed by atoms with Crippen molar-refractivity contribution in [3.63, 3.8) is 0 Å². The Morgan fingerprint density at radius 2 is 1.70 bits per heavy atom. The van der Waals surface area contributed by atoms with E-state index in [4.69, 9.17) is 6.42 Å². The fraction of sp³-hybridized carbons (Fsp3) is 0. The fourth-order valence-electron chi connectivity index (χ4n) is 0.617. The first-order valence-electron chi connectivity index (χ1n) is 2.62. The molecular weight excluding hydrogens is 134 g/mol. The highest BCUT2D eigenvalue weighted by Crippen LogP contribution is 2.09. The second kappa shape index (κ2) is 2.49. The first-order chi connectivity index (χ1) is 4.75. The number of hydrogen-bond acceptors (Lipinski definition) is 0. The third kappa shape index (κ3) is 0.985. The molecule has 1 aromatic carbocycles. The molecule has 10 heavy (non-hydrogen) atoms. The van der Waals surface area contributed by atoms with Gasteiger partial charge in [0.2, 0.25) is 0 Å². The summed E-state index contributed by atoms with van der Waals surface area (Å²) in [5.41, 5.74) is -0.414. The molecule has 49 valence electrons. The van der Waals surface area contributed by atoms with Crippen molar-refractivity contribution in [2.24, 2.45) is 0 Å². The van der Waals surface area contributed by atoms with Gasteiger partial charge in [-0.3, -0.25) is 0 Å². The van der Waals surface area contributed by atoms with Gasteiger partial charge in [-0.15, -0.1) is 0 Å². The normalized spacial score (nSPS) is 8.90. The van der Waals surface area contributed by atoms with Crippen LogP contribution in [0.2, 0.25) is 0 Å². The monoisotopic (exact) mass is 137 g/mol. The second-order valence-electron chi connectivity index (χ2n) is 1.72. The van der Waals surface area contributed by atoms with Gasteiger partial charge in [-0.05, 0) is 24.5 Å². The minimum absolute atomic E-state index is 0.414. The number of benzene rings is 1. The third-order valence-corrected chi connectivity index (χ3v) is 1.09. The average molecular weight is 137 g/mol. The van der Waals surface area contributed by atoms with Crippen molar-refractivity contribution in [3.8, 4) is 5.92 Å². The van der Waals surface area contributed by atoms with Crippen molar-refractivity contribution in [1.29, 1.82) is 0 Å². The Morgan fingerprint density at radius 1 is 1.20 bits per heavy atom. The molecular formula is C8H3F2. The highest BCUT2D eigenvalue weighted by atomic mass is 19.1. The lowest BCUT2D eigenvalue weighted by molar-refractivity contribution is 0.577. The van der Waals surface area contributed by atoms with Crippen LogP contribution in [-0.2, 0) is 0 Å². The van der Waals surface area contributed by atoms with Gasteiger partial charge in [0.15, 0.2) is 0 Å². The summed E-state index contributed by atoms with van der Waals surface area (Å²) in [6, 6.07) is 3.41. The van der Waals surface area contributed by atoms with Crippen LogP contribution in [0.3, 0.4) is 0 Å². The molecule has 0 bridgehead atoms. The first kappa shape index (κ1) is 6.76. The summed E-state index contributed by atoms with van der Waals surface area (Å²) in [7, 11) is 0. The quantitative estimate of drug-likeness (QED) is 0.479. The van der Waals surface area contributed by atoms with Crippen LogP contribution in [0.25, 0.3) is 0 Å². The Balaban J connectivity index is 3.34. The van der Waals surface area contributed by atoms with E-state index in [1.165, 1.54) is 6.07 Å². The minimum Gasteiger partial charge on any atom is -0.206 e. The van der Waals surface area contributed by atoms with Crippen molar-refractivity contribution in [2.75, 3.05) is 0 Å². The third-order valence-electron chi connectivity index (χ3n) is 1.09. The zero-order valence-corrected chi connectivity index (χ0v) is 4.99. The van der Waals surface area contributed by atoms with Crippen LogP contribution < -0.4 is 0 Å². The molecule has 1 aromatic rings. The van der Waals surface area contributed by atoms with E-state index in [0.717, 1.165) is 12.1 Å². The van der Waals surface area contributed by atoms with Gasteiger partial charge in [0, 0.05) is 0 Å². The molecule has 0 nitrogen and oxygen atoms in total. The molecule has 0 unspecified atom stereocenters. The van der Waals surface area contributed by atoms with Gasteiger partial charge in [-0.1, -0.05) is 6.07 Å². The Morgan fingerprint density at radius 3 is 2.00 bits per heavy atom. The summed E-state index contributed by atoms with van der Waals surface area (Å²) in [6.07, 6.45) is 6.50. The molecule has 0 amide bonds. The van der Waals surface area contributed by atoms with E-state index >= 15 is 0 Å². The van der Waals surface area contributed by atoms with E-state index in [2.05, 4.69) is 0 Å². The number of hydrogen-bond donors (Lipinski definition) is 0. The van der Waals surface area contributed by atoms with Crippen LogP contribution in [0.1, 0.15) is 5.56 Å². The number of rotatable bonds is 0. The zero-order valence-electron chi connectivity index (χ0n) is 4.99. The van der Waals surface area contributed by atoms with Crippen molar-refractivity contribution in [2.45, 2.75) is 0 Å². The highest BCUT2D eigenvalue weighted by Gasteiger charge is 2.03. The van der Waals surface area contributed by atoms with Crippen LogP contribution >= 0.6 is 0 Å². The predicted octanol–water partition coefficient (Wildman–Crippen LogP) is 1.90. The molecule has 0 atom stereocenters. The minimum atomic E-state index is -0.755. The molecule has 0 aliphatic rings. The molecule has 1 rings (SSSR count). The molecule has 0 saturated carbocycles. The standard InChI is InChI=1S/C8H3F2/c1-2-6-7(9)4-3-5-8(6)10/h3-5H. The van der Waals surface area contributed by atoms with Gasteiger partial charge in [-0.2, -0.15) is 0 Å². The van der Waals surface area contributed by atoms with Crippen LogP contribution in [0.5, 0.6) is 0 Å². The zero-order chi connectivity index (χ0) is 7.56. The highest BCUT2D eigenvalue weighted by molar-refractivity contribution is 5.32. The largest absolute Gasteiger partial charge is 0.206 e. The van der Waals surface area contributed by atoms with Gasteiger partial charge < -0.3 is 0 Å². The Kier molecular flexibility index (Phi) is 1.68. The van der Waals surface area contributed by atoms with Gasteiger partial charge in [0.1, 0.15) is 11.6 Å². The molecule has 0 spiro atoms. The molecule has 1 radical (unpaired) electrons. The Labute approximate surface area is 57.5 Å². The fourth-order valence-corrected chi connectivity index (χ4v) is 0.617. The predicted molar refractivity (Wildman–Crippen MR) is 32.6 cm³/mol. The summed E-state index contributed by atoms with van der Waals surface area (Å²) in [4.78, 5) is 0. The first-order valence-corrected chi connectivity index (χ1v) is 2.62. The van der Waals surface area contributed by atoms with Crippen molar-refractivity contribution < 1.29 is 8.78 Å². The van der Waals surface area contributed by atoms with E-state index in [9.17, 15) is 8.78 Å². The Bertz CT molecular complexity index is 264. The van der Waals surface area contributed by atoms with Gasteiger partial charge in [0.25, 0.3) is 0 Å². The summed E-state index contributed by atoms with van der Waals surface area (Å²) in [5, 5.41) is 0. The molecule has 0 N–H and O–H groups in total. The summed E-state index contributed by atoms with van der Waals surface area (Å²) in [6.45, 7) is 0. The van der Waals surface area contributed by atoms with Crippen molar-refractivity contribution >= 4 is 0 Å². The van der Waals surface area contributed by atoms with Crippen LogP contribution in [0.15, 0.2) is 18.2 Å². The average Bonchev–Trinajstić information content (AvgIpc) is 1.88. The lowest BCUT2D eigenvalue weighted by atomic mass is 10.2. The summed E-state index contributed by atoms with van der Waals surface area (Å²) in [5.74, 6) is 0.154. The van der Waals surface area contributed by atoms with E-state index in [1.807, 2.05) is 0 Å². The summed E-state index contributed by atoms with van der Waals surface area (Å²) >= 11 is 0. The molecule has 0 saturated heterocycles. The van der Waals surface area contributed by atoms with Crippen LogP contribution in [0.4, 0.5) is 8.78 Å². The lowest BCUT2D eigenvalue weighted by Crippen LogP contribution is -1.87. The van der Waals surface area contributed by atoms with Crippen LogP contribution in [0, 0.1) is 24.0 Å². The topological polar surface area (TPSA) is 0 Å². The van der Waals surface area contributed by atoms with E-state index in [-0.39, 0.29) is 0 Å². The second-order valence-corrected chi connectivity index (χ2v) is 1.72. The molecule has 0 fully saturated rings. The Hall–Kier alpha value is -1.36. The van der Waals surface area contributed by atoms with E-state index in [1.54, 1.807) is 5.92 Å². The molecule has 2 heteroatoms. The van der Waals surface area contributed by atoms with Crippen molar-refractivity contribution in [1.82, 2.24) is 0 Å². The molecule has 0 aliphatic carbocycles. The maximum atomic E-state index is 12.4. The maximum Gasteiger partial charge on any atom is 0.141 e. The van der Waals surface area contributed by atoms with E-state index < -0.39 is 17.2 Å². The molecule has 0 heterocycles. The smallest absolute Gasteiger partial charge is 0.141 e. The molecule has 0 aromatic heterocycles. The number of halogens is 2. The van der Waals surface area contributed by atoms with E-state index in [0.29, 0.717) is 0 Å². The van der Waals surface area contributed by atoms with Crippen LogP contribution in [-0.4, -0.2) is 0 Å². The SMILES string of the molecule is [C]#Cc1c(F)cccc1F. The molecule has 0 aliphatic heterocycles. The van der Waals surface area contributed by atoms with Gasteiger partial charge >= 0.3 is 0 Å². The van der Waals surface area contributed by atoms with Gasteiger partial charge in [-0.25, -0.2) is 8.78 Å².